The van der Waals surface area contributed by atoms with Crippen molar-refractivity contribution in [2.24, 2.45) is 0 Å². The van der Waals surface area contributed by atoms with Gasteiger partial charge in [-0.15, -0.1) is 0 Å². The van der Waals surface area contributed by atoms with Gasteiger partial charge in [0.15, 0.2) is 0 Å². The quantitative estimate of drug-likeness (QED) is 0.579. The van der Waals surface area contributed by atoms with E-state index in [1.807, 2.05) is 18.5 Å². The summed E-state index contributed by atoms with van der Waals surface area (Å²) in [5, 5.41) is 0. The molecule has 100 valence electrons. The summed E-state index contributed by atoms with van der Waals surface area (Å²) < 4.78 is 1.35. The molecule has 1 spiro atoms. The SMILES string of the molecule is [Br-].c1cnc(N2CC[N+]3(CCCCC3)CC2)nc1. The van der Waals surface area contributed by atoms with Crippen LogP contribution in [0.2, 0.25) is 0 Å². The molecular weight excluding hydrogens is 292 g/mol. The summed E-state index contributed by atoms with van der Waals surface area (Å²) >= 11 is 0. The van der Waals surface area contributed by atoms with Gasteiger partial charge in [-0.1, -0.05) is 0 Å². The lowest BCUT2D eigenvalue weighted by atomic mass is 10.1. The molecule has 0 N–H and O–H groups in total. The van der Waals surface area contributed by atoms with Crippen molar-refractivity contribution in [3.63, 3.8) is 0 Å². The number of hydrogen-bond donors (Lipinski definition) is 0. The Morgan fingerprint density at radius 1 is 0.889 bits per heavy atom. The molecule has 0 atom stereocenters. The van der Waals surface area contributed by atoms with E-state index >= 15 is 0 Å². The van der Waals surface area contributed by atoms with E-state index < -0.39 is 0 Å². The molecule has 2 aliphatic rings. The van der Waals surface area contributed by atoms with Gasteiger partial charge < -0.3 is 26.4 Å². The number of nitrogens with zero attached hydrogens (tertiary/aromatic N) is 4. The molecular formula is C13H21BrN4. The molecule has 0 unspecified atom stereocenters. The molecule has 3 rings (SSSR count). The first-order chi connectivity index (χ1) is 8.38. The highest BCUT2D eigenvalue weighted by atomic mass is 79.9. The Labute approximate surface area is 119 Å². The van der Waals surface area contributed by atoms with E-state index in [1.54, 1.807) is 0 Å². The molecule has 2 saturated heterocycles. The van der Waals surface area contributed by atoms with Crippen molar-refractivity contribution in [3.8, 4) is 0 Å². The lowest BCUT2D eigenvalue weighted by molar-refractivity contribution is -0.932. The fraction of sp³-hybridized carbons (Fsp3) is 0.692. The van der Waals surface area contributed by atoms with Crippen LogP contribution in [0.25, 0.3) is 0 Å². The lowest BCUT2D eigenvalue weighted by Gasteiger charge is -2.46. The largest absolute Gasteiger partial charge is 1.00 e. The van der Waals surface area contributed by atoms with Crippen molar-refractivity contribution in [1.82, 2.24) is 9.97 Å². The molecule has 0 aliphatic carbocycles. The van der Waals surface area contributed by atoms with Crippen LogP contribution in [0.4, 0.5) is 5.95 Å². The van der Waals surface area contributed by atoms with Gasteiger partial charge in [-0.25, -0.2) is 9.97 Å². The average Bonchev–Trinajstić information content (AvgIpc) is 2.42. The van der Waals surface area contributed by atoms with Crippen molar-refractivity contribution in [2.75, 3.05) is 44.2 Å². The zero-order valence-electron chi connectivity index (χ0n) is 10.8. The van der Waals surface area contributed by atoms with E-state index in [0.717, 1.165) is 19.0 Å². The monoisotopic (exact) mass is 312 g/mol. The molecule has 0 radical (unpaired) electrons. The zero-order chi connectivity index (χ0) is 11.6. The number of quaternary nitrogens is 1. The number of hydrogen-bond acceptors (Lipinski definition) is 3. The standard InChI is InChI=1S/C13H21N4.BrH/c1-2-9-17(10-3-1)11-7-16(8-12-17)13-14-5-4-6-15-13;/h4-6H,1-3,7-12H2;1H/q+1;/p-1. The molecule has 1 aromatic heterocycles. The van der Waals surface area contributed by atoms with E-state index in [9.17, 15) is 0 Å². The van der Waals surface area contributed by atoms with Gasteiger partial charge in [0.1, 0.15) is 0 Å². The van der Waals surface area contributed by atoms with Crippen LogP contribution in [0.15, 0.2) is 18.5 Å². The Bertz CT molecular complexity index is 355. The predicted octanol–water partition coefficient (Wildman–Crippen LogP) is -1.70. The van der Waals surface area contributed by atoms with Crippen molar-refractivity contribution < 1.29 is 21.5 Å². The molecule has 0 saturated carbocycles. The minimum atomic E-state index is 0. The molecule has 3 heterocycles. The first-order valence-corrected chi connectivity index (χ1v) is 6.75. The van der Waals surface area contributed by atoms with E-state index in [0.29, 0.717) is 0 Å². The average molecular weight is 313 g/mol. The second-order valence-corrected chi connectivity index (χ2v) is 5.33. The third-order valence-electron chi connectivity index (χ3n) is 4.29. The van der Waals surface area contributed by atoms with Gasteiger partial charge in [0.2, 0.25) is 5.95 Å². The summed E-state index contributed by atoms with van der Waals surface area (Å²) in [6, 6.07) is 1.88. The Kier molecular flexibility index (Phi) is 4.56. The molecule has 1 aromatic rings. The summed E-state index contributed by atoms with van der Waals surface area (Å²) in [7, 11) is 0. The minimum absolute atomic E-state index is 0. The summed E-state index contributed by atoms with van der Waals surface area (Å²) in [4.78, 5) is 11.0. The summed E-state index contributed by atoms with van der Waals surface area (Å²) in [6.45, 7) is 7.57. The summed E-state index contributed by atoms with van der Waals surface area (Å²) in [6.07, 6.45) is 7.94. The van der Waals surface area contributed by atoms with Gasteiger partial charge >= 0.3 is 0 Å². The van der Waals surface area contributed by atoms with Crippen LogP contribution in [0.1, 0.15) is 19.3 Å². The van der Waals surface area contributed by atoms with Crippen LogP contribution in [0.5, 0.6) is 0 Å². The fourth-order valence-electron chi connectivity index (χ4n) is 3.17. The normalized spacial score (nSPS) is 22.6. The summed E-state index contributed by atoms with van der Waals surface area (Å²) in [5.74, 6) is 0.905. The maximum absolute atomic E-state index is 4.34. The second kappa shape index (κ2) is 5.97. The lowest BCUT2D eigenvalue weighted by Crippen LogP contribution is -3.00. The topological polar surface area (TPSA) is 29.0 Å². The van der Waals surface area contributed by atoms with Crippen molar-refractivity contribution in [1.29, 1.82) is 0 Å². The number of piperazine rings is 1. The van der Waals surface area contributed by atoms with Crippen LogP contribution >= 0.6 is 0 Å². The molecule has 2 aliphatic heterocycles. The minimum Gasteiger partial charge on any atom is -1.00 e. The van der Waals surface area contributed by atoms with Gasteiger partial charge in [0, 0.05) is 12.4 Å². The van der Waals surface area contributed by atoms with E-state index in [4.69, 9.17) is 0 Å². The number of rotatable bonds is 1. The van der Waals surface area contributed by atoms with Crippen LogP contribution in [0.3, 0.4) is 0 Å². The number of aromatic nitrogens is 2. The van der Waals surface area contributed by atoms with Gasteiger partial charge in [0.05, 0.1) is 39.3 Å². The van der Waals surface area contributed by atoms with E-state index in [1.165, 1.54) is 49.9 Å². The van der Waals surface area contributed by atoms with E-state index in [2.05, 4.69) is 14.9 Å². The molecule has 0 aromatic carbocycles. The van der Waals surface area contributed by atoms with Crippen LogP contribution < -0.4 is 21.9 Å². The van der Waals surface area contributed by atoms with Crippen LogP contribution in [-0.2, 0) is 0 Å². The predicted molar refractivity (Wildman–Crippen MR) is 67.8 cm³/mol. The first kappa shape index (κ1) is 13.7. The third-order valence-corrected chi connectivity index (χ3v) is 4.29. The number of anilines is 1. The Morgan fingerprint density at radius 2 is 1.50 bits per heavy atom. The molecule has 5 heteroatoms. The van der Waals surface area contributed by atoms with Crippen molar-refractivity contribution in [3.05, 3.63) is 18.5 Å². The van der Waals surface area contributed by atoms with E-state index in [-0.39, 0.29) is 17.0 Å². The fourth-order valence-corrected chi connectivity index (χ4v) is 3.17. The molecule has 4 nitrogen and oxygen atoms in total. The van der Waals surface area contributed by atoms with Crippen LogP contribution in [-0.4, -0.2) is 53.7 Å². The highest BCUT2D eigenvalue weighted by Crippen LogP contribution is 2.22. The zero-order valence-corrected chi connectivity index (χ0v) is 12.3. The maximum Gasteiger partial charge on any atom is 0.225 e. The Balaban J connectivity index is 0.00000120. The van der Waals surface area contributed by atoms with Gasteiger partial charge in [0.25, 0.3) is 0 Å². The Morgan fingerprint density at radius 3 is 2.11 bits per heavy atom. The summed E-state index contributed by atoms with van der Waals surface area (Å²) in [5.41, 5.74) is 0. The number of piperidine rings is 1. The second-order valence-electron chi connectivity index (χ2n) is 5.33. The van der Waals surface area contributed by atoms with Gasteiger partial charge in [-0.3, -0.25) is 0 Å². The smallest absolute Gasteiger partial charge is 0.225 e. The van der Waals surface area contributed by atoms with Crippen LogP contribution in [0, 0.1) is 0 Å². The van der Waals surface area contributed by atoms with Gasteiger partial charge in [-0.2, -0.15) is 0 Å². The molecule has 2 fully saturated rings. The first-order valence-electron chi connectivity index (χ1n) is 6.75. The Hall–Kier alpha value is -0.680. The molecule has 18 heavy (non-hydrogen) atoms. The number of halogens is 1. The molecule has 0 amide bonds. The van der Waals surface area contributed by atoms with Crippen molar-refractivity contribution in [2.45, 2.75) is 19.3 Å². The van der Waals surface area contributed by atoms with Gasteiger partial charge in [-0.05, 0) is 25.3 Å². The van der Waals surface area contributed by atoms with Crippen molar-refractivity contribution >= 4 is 5.95 Å². The highest BCUT2D eigenvalue weighted by molar-refractivity contribution is 5.28. The maximum atomic E-state index is 4.34. The highest BCUT2D eigenvalue weighted by Gasteiger charge is 2.34. The molecule has 0 bridgehead atoms. The third kappa shape index (κ3) is 2.83.